The summed E-state index contributed by atoms with van der Waals surface area (Å²) in [5.74, 6) is 0.789. The van der Waals surface area contributed by atoms with E-state index in [0.717, 1.165) is 34.9 Å². The number of H-pyrrole nitrogens is 2. The molecule has 3 N–H and O–H groups in total. The van der Waals surface area contributed by atoms with Gasteiger partial charge in [0.05, 0.1) is 18.2 Å². The summed E-state index contributed by atoms with van der Waals surface area (Å²) in [6, 6.07) is -0.0799. The molecule has 20 heavy (non-hydrogen) atoms. The molecule has 0 aliphatic heterocycles. The molecule has 0 bridgehead atoms. The zero-order chi connectivity index (χ0) is 14.7. The first kappa shape index (κ1) is 14.3. The first-order valence-corrected chi connectivity index (χ1v) is 6.82. The average Bonchev–Trinajstić information content (AvgIpc) is 2.97. The Hall–Kier alpha value is -2.11. The van der Waals surface area contributed by atoms with Crippen LogP contribution < -0.4 is 5.32 Å². The summed E-state index contributed by atoms with van der Waals surface area (Å²) in [5, 5.41) is 10.0. The number of imidazole rings is 1. The van der Waals surface area contributed by atoms with Gasteiger partial charge in [-0.2, -0.15) is 5.10 Å². The van der Waals surface area contributed by atoms with Gasteiger partial charge >= 0.3 is 0 Å². The van der Waals surface area contributed by atoms with Gasteiger partial charge in [0.2, 0.25) is 5.91 Å². The van der Waals surface area contributed by atoms with Crippen LogP contribution in [0.25, 0.3) is 0 Å². The highest BCUT2D eigenvalue weighted by molar-refractivity contribution is 5.79. The smallest absolute Gasteiger partial charge is 0.225 e. The van der Waals surface area contributed by atoms with Crippen LogP contribution in [0.3, 0.4) is 0 Å². The maximum absolute atomic E-state index is 12.2. The lowest BCUT2D eigenvalue weighted by Crippen LogP contribution is -2.30. The van der Waals surface area contributed by atoms with Crippen LogP contribution in [-0.4, -0.2) is 26.1 Å². The van der Waals surface area contributed by atoms with Crippen LogP contribution in [0.1, 0.15) is 47.9 Å². The van der Waals surface area contributed by atoms with Crippen LogP contribution in [-0.2, 0) is 11.2 Å². The van der Waals surface area contributed by atoms with E-state index in [2.05, 4.69) is 25.5 Å². The molecule has 0 aliphatic rings. The van der Waals surface area contributed by atoms with E-state index in [9.17, 15) is 4.79 Å². The average molecular weight is 275 g/mol. The normalized spacial score (nSPS) is 12.4. The first-order valence-electron chi connectivity index (χ1n) is 6.82. The molecule has 0 spiro atoms. The molecule has 0 saturated carbocycles. The molecule has 1 atom stereocenters. The van der Waals surface area contributed by atoms with Crippen molar-refractivity contribution in [3.8, 4) is 0 Å². The number of carbonyl (C=O) groups is 1. The van der Waals surface area contributed by atoms with Crippen molar-refractivity contribution in [2.24, 2.45) is 0 Å². The molecular weight excluding hydrogens is 254 g/mol. The lowest BCUT2D eigenvalue weighted by molar-refractivity contribution is -0.121. The zero-order valence-corrected chi connectivity index (χ0v) is 12.4. The number of aromatic nitrogens is 4. The molecule has 6 heteroatoms. The van der Waals surface area contributed by atoms with Crippen molar-refractivity contribution in [3.05, 3.63) is 34.7 Å². The topological polar surface area (TPSA) is 86.5 Å². The number of hydrogen-bond donors (Lipinski definition) is 3. The minimum atomic E-state index is -0.0799. The molecule has 0 fully saturated rings. The molecule has 2 aromatic rings. The third-order valence-electron chi connectivity index (χ3n) is 3.41. The van der Waals surface area contributed by atoms with Gasteiger partial charge in [-0.1, -0.05) is 6.92 Å². The highest BCUT2D eigenvalue weighted by Crippen LogP contribution is 2.15. The summed E-state index contributed by atoms with van der Waals surface area (Å²) in [6.45, 7) is 7.80. The maximum atomic E-state index is 12.2. The molecule has 0 saturated heterocycles. The minimum Gasteiger partial charge on any atom is -0.346 e. The Morgan fingerprint density at radius 3 is 2.65 bits per heavy atom. The van der Waals surface area contributed by atoms with E-state index in [1.165, 1.54) is 0 Å². The van der Waals surface area contributed by atoms with Crippen molar-refractivity contribution in [1.82, 2.24) is 25.5 Å². The van der Waals surface area contributed by atoms with Crippen molar-refractivity contribution < 1.29 is 4.79 Å². The Morgan fingerprint density at radius 1 is 1.40 bits per heavy atom. The minimum absolute atomic E-state index is 0.0153. The van der Waals surface area contributed by atoms with Gasteiger partial charge in [-0.15, -0.1) is 0 Å². The third kappa shape index (κ3) is 3.07. The molecule has 6 nitrogen and oxygen atoms in total. The summed E-state index contributed by atoms with van der Waals surface area (Å²) in [5.41, 5.74) is 3.78. The van der Waals surface area contributed by atoms with Crippen LogP contribution in [0.5, 0.6) is 0 Å². The molecular formula is C14H21N5O. The van der Waals surface area contributed by atoms with Crippen molar-refractivity contribution in [1.29, 1.82) is 0 Å². The largest absolute Gasteiger partial charge is 0.346 e. The van der Waals surface area contributed by atoms with Crippen molar-refractivity contribution in [3.63, 3.8) is 0 Å². The van der Waals surface area contributed by atoms with E-state index in [1.807, 2.05) is 27.7 Å². The van der Waals surface area contributed by atoms with Crippen LogP contribution >= 0.6 is 0 Å². The number of amides is 1. The quantitative estimate of drug-likeness (QED) is 0.778. The fourth-order valence-corrected chi connectivity index (χ4v) is 2.21. The van der Waals surface area contributed by atoms with E-state index in [4.69, 9.17) is 0 Å². The summed E-state index contributed by atoms with van der Waals surface area (Å²) in [7, 11) is 0. The predicted molar refractivity (Wildman–Crippen MR) is 76.3 cm³/mol. The number of carbonyl (C=O) groups excluding carboxylic acids is 1. The number of hydrogen-bond acceptors (Lipinski definition) is 3. The van der Waals surface area contributed by atoms with Crippen LogP contribution in [0.15, 0.2) is 6.20 Å². The second-order valence-electron chi connectivity index (χ2n) is 5.07. The van der Waals surface area contributed by atoms with Gasteiger partial charge in [0, 0.05) is 23.1 Å². The first-order chi connectivity index (χ1) is 9.51. The van der Waals surface area contributed by atoms with E-state index in [0.29, 0.717) is 6.42 Å². The predicted octanol–water partition coefficient (Wildman–Crippen LogP) is 1.87. The fraction of sp³-hybridized carbons (Fsp3) is 0.500. The Labute approximate surface area is 118 Å². The van der Waals surface area contributed by atoms with Crippen LogP contribution in [0, 0.1) is 20.8 Å². The Kier molecular flexibility index (Phi) is 4.22. The molecule has 2 rings (SSSR count). The molecule has 2 heterocycles. The van der Waals surface area contributed by atoms with Gasteiger partial charge in [-0.25, -0.2) is 4.98 Å². The third-order valence-corrected chi connectivity index (χ3v) is 3.41. The molecule has 0 aliphatic carbocycles. The molecule has 1 amide bonds. The summed E-state index contributed by atoms with van der Waals surface area (Å²) < 4.78 is 0. The van der Waals surface area contributed by atoms with Gasteiger partial charge in [0.25, 0.3) is 0 Å². The summed E-state index contributed by atoms with van der Waals surface area (Å²) in [4.78, 5) is 19.6. The van der Waals surface area contributed by atoms with Gasteiger partial charge in [-0.05, 0) is 27.2 Å². The van der Waals surface area contributed by atoms with Crippen LogP contribution in [0.2, 0.25) is 0 Å². The molecule has 2 aromatic heterocycles. The zero-order valence-electron chi connectivity index (χ0n) is 12.4. The monoisotopic (exact) mass is 275 g/mol. The molecule has 0 aromatic carbocycles. The van der Waals surface area contributed by atoms with E-state index in [1.54, 1.807) is 6.20 Å². The Bertz CT molecular complexity index is 579. The molecule has 0 unspecified atom stereocenters. The Balaban J connectivity index is 2.03. The second kappa shape index (κ2) is 5.90. The lowest BCUT2D eigenvalue weighted by atomic mass is 10.1. The number of nitrogens with one attached hydrogen (secondary N) is 3. The Morgan fingerprint density at radius 2 is 2.15 bits per heavy atom. The van der Waals surface area contributed by atoms with Gasteiger partial charge in [0.1, 0.15) is 5.82 Å². The maximum Gasteiger partial charge on any atom is 0.225 e. The summed E-state index contributed by atoms with van der Waals surface area (Å²) in [6.07, 6.45) is 2.90. The molecule has 0 radical (unpaired) electrons. The summed E-state index contributed by atoms with van der Waals surface area (Å²) >= 11 is 0. The number of rotatable bonds is 5. The standard InChI is InChI=1S/C14H21N5O/c1-5-12(14-15-7-8(2)16-14)17-13(20)6-11-9(3)18-19-10(11)4/h7,12H,5-6H2,1-4H3,(H,15,16)(H,17,20)(H,18,19)/t12-/m1/s1. The van der Waals surface area contributed by atoms with Crippen molar-refractivity contribution in [2.75, 3.05) is 0 Å². The highest BCUT2D eigenvalue weighted by atomic mass is 16.1. The lowest BCUT2D eigenvalue weighted by Gasteiger charge is -2.14. The number of nitrogens with zero attached hydrogens (tertiary/aromatic N) is 2. The van der Waals surface area contributed by atoms with Gasteiger partial charge in [0.15, 0.2) is 0 Å². The van der Waals surface area contributed by atoms with Crippen molar-refractivity contribution >= 4 is 5.91 Å². The highest BCUT2D eigenvalue weighted by Gasteiger charge is 2.17. The second-order valence-corrected chi connectivity index (χ2v) is 5.07. The van der Waals surface area contributed by atoms with E-state index >= 15 is 0 Å². The molecule has 108 valence electrons. The van der Waals surface area contributed by atoms with E-state index < -0.39 is 0 Å². The SMILES string of the molecule is CC[C@@H](NC(=O)Cc1c(C)n[nH]c1C)c1ncc(C)[nH]1. The van der Waals surface area contributed by atoms with Gasteiger partial charge in [-0.3, -0.25) is 9.89 Å². The number of aromatic amines is 2. The van der Waals surface area contributed by atoms with E-state index in [-0.39, 0.29) is 11.9 Å². The van der Waals surface area contributed by atoms with Crippen molar-refractivity contribution in [2.45, 2.75) is 46.6 Å². The van der Waals surface area contributed by atoms with Crippen LogP contribution in [0.4, 0.5) is 0 Å². The number of aryl methyl sites for hydroxylation is 3. The fourth-order valence-electron chi connectivity index (χ4n) is 2.21. The van der Waals surface area contributed by atoms with Gasteiger partial charge < -0.3 is 10.3 Å².